The molecule has 0 aliphatic carbocycles. The Labute approximate surface area is 105 Å². The van der Waals surface area contributed by atoms with Crippen LogP contribution in [0.4, 0.5) is 5.69 Å². The molecule has 8 nitrogen and oxygen atoms in total. The van der Waals surface area contributed by atoms with Crippen molar-refractivity contribution in [2.45, 2.75) is 26.5 Å². The highest BCUT2D eigenvalue weighted by Gasteiger charge is 2.22. The molecule has 0 fully saturated rings. The van der Waals surface area contributed by atoms with Crippen LogP contribution < -0.4 is 5.43 Å². The fourth-order valence-electron chi connectivity index (χ4n) is 1.68. The molecule has 0 saturated carbocycles. The highest BCUT2D eigenvalue weighted by atomic mass is 16.6. The van der Waals surface area contributed by atoms with Gasteiger partial charge in [0.15, 0.2) is 0 Å². The fraction of sp³-hybridized carbons (Fsp3) is 0.700. The number of hydrazine groups is 1. The van der Waals surface area contributed by atoms with Gasteiger partial charge in [0.2, 0.25) is 0 Å². The molecule has 18 heavy (non-hydrogen) atoms. The number of aryl methyl sites for hydroxylation is 1. The lowest BCUT2D eigenvalue weighted by atomic mass is 10.3. The topological polar surface area (TPSA) is 96.5 Å². The maximum absolute atomic E-state index is 10.8. The molecular weight excluding hydrogens is 238 g/mol. The van der Waals surface area contributed by atoms with Crippen LogP contribution in [0.5, 0.6) is 0 Å². The minimum absolute atomic E-state index is 0.0165. The van der Waals surface area contributed by atoms with Crippen molar-refractivity contribution in [3.63, 3.8) is 0 Å². The molecule has 2 N–H and O–H groups in total. The number of hydrogen-bond acceptors (Lipinski definition) is 6. The maximum Gasteiger partial charge on any atom is 0.312 e. The summed E-state index contributed by atoms with van der Waals surface area (Å²) in [4.78, 5) is 10.4. The third-order valence-corrected chi connectivity index (χ3v) is 2.55. The number of aliphatic hydroxyl groups excluding tert-OH is 1. The molecule has 0 aliphatic heterocycles. The van der Waals surface area contributed by atoms with Crippen LogP contribution in [0.1, 0.15) is 11.4 Å². The number of rotatable bonds is 6. The molecule has 0 radical (unpaired) electrons. The zero-order valence-corrected chi connectivity index (χ0v) is 11.0. The molecule has 1 unspecified atom stereocenters. The molecule has 8 heteroatoms. The summed E-state index contributed by atoms with van der Waals surface area (Å²) in [5, 5.41) is 26.4. The average molecular weight is 257 g/mol. The van der Waals surface area contributed by atoms with Crippen LogP contribution in [0.2, 0.25) is 0 Å². The van der Waals surface area contributed by atoms with Crippen LogP contribution in [0.25, 0.3) is 0 Å². The van der Waals surface area contributed by atoms with Crippen molar-refractivity contribution in [2.75, 3.05) is 20.6 Å². The van der Waals surface area contributed by atoms with Crippen molar-refractivity contribution in [2.24, 2.45) is 0 Å². The van der Waals surface area contributed by atoms with E-state index in [2.05, 4.69) is 10.5 Å². The molecule has 1 aromatic rings. The Morgan fingerprint density at radius 3 is 2.61 bits per heavy atom. The molecular formula is C10H19N5O3. The Morgan fingerprint density at radius 2 is 2.17 bits per heavy atom. The second-order valence-electron chi connectivity index (χ2n) is 4.37. The van der Waals surface area contributed by atoms with E-state index >= 15 is 0 Å². The van der Waals surface area contributed by atoms with Gasteiger partial charge in [0, 0.05) is 20.6 Å². The van der Waals surface area contributed by atoms with Gasteiger partial charge in [-0.05, 0) is 13.8 Å². The highest BCUT2D eigenvalue weighted by molar-refractivity contribution is 5.39. The smallest absolute Gasteiger partial charge is 0.312 e. The van der Waals surface area contributed by atoms with Crippen molar-refractivity contribution in [3.05, 3.63) is 21.5 Å². The number of nitro groups is 1. The largest absolute Gasteiger partial charge is 0.390 e. The molecule has 1 aromatic heterocycles. The predicted molar refractivity (Wildman–Crippen MR) is 66.1 cm³/mol. The Hall–Kier alpha value is -1.51. The fourth-order valence-corrected chi connectivity index (χ4v) is 1.68. The Morgan fingerprint density at radius 1 is 1.56 bits per heavy atom. The number of nitrogens with one attached hydrogen (secondary N) is 1. The van der Waals surface area contributed by atoms with E-state index in [1.54, 1.807) is 18.9 Å². The SMILES string of the molecule is Cc1nn(CC(O)CNN(C)C)c(C)c1[N+](=O)[O-]. The molecule has 0 aliphatic rings. The average Bonchev–Trinajstić information content (AvgIpc) is 2.51. The Balaban J connectivity index is 2.73. The third-order valence-electron chi connectivity index (χ3n) is 2.55. The molecule has 102 valence electrons. The van der Waals surface area contributed by atoms with Gasteiger partial charge in [-0.3, -0.25) is 25.2 Å². The normalized spacial score (nSPS) is 13.0. The first-order chi connectivity index (χ1) is 8.32. The summed E-state index contributed by atoms with van der Waals surface area (Å²) in [5.74, 6) is 0. The van der Waals surface area contributed by atoms with Crippen LogP contribution >= 0.6 is 0 Å². The Kier molecular flexibility index (Phi) is 4.76. The number of aliphatic hydroxyl groups is 1. The van der Waals surface area contributed by atoms with Gasteiger partial charge in [-0.15, -0.1) is 0 Å². The van der Waals surface area contributed by atoms with Gasteiger partial charge in [0.1, 0.15) is 11.4 Å². The van der Waals surface area contributed by atoms with Crippen LogP contribution in [0.15, 0.2) is 0 Å². The zero-order chi connectivity index (χ0) is 13.9. The van der Waals surface area contributed by atoms with Gasteiger partial charge in [0.25, 0.3) is 0 Å². The minimum Gasteiger partial charge on any atom is -0.390 e. The second-order valence-corrected chi connectivity index (χ2v) is 4.37. The lowest BCUT2D eigenvalue weighted by Gasteiger charge is -2.16. The number of hydrogen-bond donors (Lipinski definition) is 2. The molecule has 1 atom stereocenters. The summed E-state index contributed by atoms with van der Waals surface area (Å²) >= 11 is 0. The first kappa shape index (κ1) is 14.6. The van der Waals surface area contributed by atoms with E-state index in [1.807, 2.05) is 14.1 Å². The van der Waals surface area contributed by atoms with Gasteiger partial charge >= 0.3 is 5.69 Å². The second kappa shape index (κ2) is 5.89. The van der Waals surface area contributed by atoms with Crippen molar-refractivity contribution in [3.8, 4) is 0 Å². The standard InChI is InChI=1S/C10H19N5O3/c1-7-10(15(17)18)8(2)14(12-7)6-9(16)5-11-13(3)4/h9,11,16H,5-6H2,1-4H3. The van der Waals surface area contributed by atoms with Gasteiger partial charge in [-0.25, -0.2) is 0 Å². The van der Waals surface area contributed by atoms with Crippen LogP contribution in [0.3, 0.4) is 0 Å². The summed E-state index contributed by atoms with van der Waals surface area (Å²) in [6, 6.07) is 0. The summed E-state index contributed by atoms with van der Waals surface area (Å²) in [5.41, 5.74) is 3.78. The molecule has 0 amide bonds. The van der Waals surface area contributed by atoms with E-state index in [9.17, 15) is 15.2 Å². The molecule has 1 rings (SSSR count). The third kappa shape index (κ3) is 3.49. The van der Waals surface area contributed by atoms with E-state index in [0.29, 0.717) is 17.9 Å². The van der Waals surface area contributed by atoms with Crippen LogP contribution in [0, 0.1) is 24.0 Å². The lowest BCUT2D eigenvalue weighted by molar-refractivity contribution is -0.386. The van der Waals surface area contributed by atoms with Crippen molar-refractivity contribution < 1.29 is 10.0 Å². The van der Waals surface area contributed by atoms with E-state index in [-0.39, 0.29) is 12.2 Å². The van der Waals surface area contributed by atoms with Gasteiger partial charge in [-0.2, -0.15) is 5.10 Å². The summed E-state index contributed by atoms with van der Waals surface area (Å²) in [6.45, 7) is 3.80. The van der Waals surface area contributed by atoms with Crippen LogP contribution in [-0.4, -0.2) is 51.6 Å². The monoisotopic (exact) mass is 257 g/mol. The predicted octanol–water partition coefficient (Wildman–Crippen LogP) is -0.165. The van der Waals surface area contributed by atoms with Crippen molar-refractivity contribution in [1.29, 1.82) is 0 Å². The highest BCUT2D eigenvalue weighted by Crippen LogP contribution is 2.21. The maximum atomic E-state index is 10.8. The minimum atomic E-state index is -0.662. The first-order valence-corrected chi connectivity index (χ1v) is 5.60. The molecule has 0 spiro atoms. The Bertz CT molecular complexity index is 429. The van der Waals surface area contributed by atoms with Crippen molar-refractivity contribution >= 4 is 5.69 Å². The van der Waals surface area contributed by atoms with Gasteiger partial charge in [-0.1, -0.05) is 0 Å². The van der Waals surface area contributed by atoms with E-state index in [1.165, 1.54) is 4.68 Å². The zero-order valence-electron chi connectivity index (χ0n) is 11.0. The lowest BCUT2D eigenvalue weighted by Crippen LogP contribution is -2.38. The first-order valence-electron chi connectivity index (χ1n) is 5.60. The number of nitrogens with zero attached hydrogens (tertiary/aromatic N) is 4. The van der Waals surface area contributed by atoms with E-state index < -0.39 is 11.0 Å². The molecule has 0 aromatic carbocycles. The van der Waals surface area contributed by atoms with Gasteiger partial charge < -0.3 is 5.11 Å². The summed E-state index contributed by atoms with van der Waals surface area (Å²) < 4.78 is 1.47. The molecule has 1 heterocycles. The number of aromatic nitrogens is 2. The van der Waals surface area contributed by atoms with E-state index in [4.69, 9.17) is 0 Å². The summed E-state index contributed by atoms with van der Waals surface area (Å²) in [7, 11) is 3.64. The quantitative estimate of drug-likeness (QED) is 0.543. The van der Waals surface area contributed by atoms with Crippen molar-refractivity contribution in [1.82, 2.24) is 20.2 Å². The van der Waals surface area contributed by atoms with Crippen LogP contribution in [-0.2, 0) is 6.54 Å². The molecule has 0 bridgehead atoms. The summed E-state index contributed by atoms with van der Waals surface area (Å²) in [6.07, 6.45) is -0.662. The van der Waals surface area contributed by atoms with Gasteiger partial charge in [0.05, 0.1) is 17.6 Å². The van der Waals surface area contributed by atoms with E-state index in [0.717, 1.165) is 0 Å². The molecule has 0 saturated heterocycles.